The molecular formula is C50H93ClN18O2S. The predicted molar refractivity (Wildman–Crippen MR) is 298 cm³/mol. The van der Waals surface area contributed by atoms with E-state index >= 15 is 0 Å². The second-order valence-corrected chi connectivity index (χ2v) is 18.7. The molecule has 0 aromatic carbocycles. The Morgan fingerprint density at radius 1 is 0.667 bits per heavy atom. The summed E-state index contributed by atoms with van der Waals surface area (Å²) in [5.74, 6) is 4.54. The van der Waals surface area contributed by atoms with E-state index in [1.807, 2.05) is 48.4 Å². The van der Waals surface area contributed by atoms with Crippen LogP contribution in [0.3, 0.4) is 0 Å². The van der Waals surface area contributed by atoms with E-state index in [2.05, 4.69) is 49.0 Å². The summed E-state index contributed by atoms with van der Waals surface area (Å²) in [4.78, 5) is 17.2. The van der Waals surface area contributed by atoms with Crippen molar-refractivity contribution in [3.63, 3.8) is 0 Å². The van der Waals surface area contributed by atoms with Crippen LogP contribution in [0.4, 0.5) is 0 Å². The standard InChI is InChI=1S/C7H10N2.C7H16N2.C7H15NO.C7H15NS.C6H9N3O.C6H11N3.C5H8ClN3.C5H9N3/c8-4-1-7-2-5-9-6-3-7;1-2-9-5-3-4-7(9)6-8;2*8-4-1-7-2-5-9-6-3-7;7-3-5-9-6(10)2-1-4-8-9;1-6-4-8-9(5-6)3-2-7;6-5-3-8-9(4-5)2-1-7;6-2-5-8-4-1-3-7-8/h2-3,5-6H,1,4,8H2;7H,2-6,8H2,1H3;2*7H,1-6,8H2;1-2,4H,3,5,7H2;4-5H,2-3,7H2,1H3;3-4H,1-2,7H2;1,3-4H,2,5-6H2. The molecule has 16 N–H and O–H groups in total. The number of pyridine rings is 1. The number of hydrogen-bond acceptors (Lipinski definition) is 17. The van der Waals surface area contributed by atoms with E-state index in [9.17, 15) is 4.79 Å². The van der Waals surface area contributed by atoms with E-state index < -0.39 is 0 Å². The van der Waals surface area contributed by atoms with Gasteiger partial charge in [-0.2, -0.15) is 32.2 Å². The maximum Gasteiger partial charge on any atom is 0.266 e. The van der Waals surface area contributed by atoms with Crippen LogP contribution in [0.1, 0.15) is 69.4 Å². The molecular weight excluding hydrogens is 952 g/mol. The Labute approximate surface area is 439 Å². The highest BCUT2D eigenvalue weighted by atomic mass is 35.5. The quantitative estimate of drug-likeness (QED) is 0.0704. The molecule has 3 fully saturated rings. The van der Waals surface area contributed by atoms with E-state index in [0.717, 1.165) is 70.7 Å². The van der Waals surface area contributed by atoms with Crippen molar-refractivity contribution >= 4 is 23.4 Å². The van der Waals surface area contributed by atoms with Gasteiger partial charge in [0.05, 0.1) is 43.6 Å². The van der Waals surface area contributed by atoms with Gasteiger partial charge in [0.15, 0.2) is 0 Å². The summed E-state index contributed by atoms with van der Waals surface area (Å²) in [6.07, 6.45) is 27.2. The maximum absolute atomic E-state index is 10.9. The Hall–Kier alpha value is -4.10. The van der Waals surface area contributed by atoms with Gasteiger partial charge >= 0.3 is 0 Å². The first-order valence-corrected chi connectivity index (χ1v) is 27.2. The van der Waals surface area contributed by atoms with Gasteiger partial charge in [-0.15, -0.1) is 0 Å². The lowest BCUT2D eigenvalue weighted by Crippen LogP contribution is -2.34. The molecule has 8 heterocycles. The van der Waals surface area contributed by atoms with Crippen molar-refractivity contribution in [1.82, 2.24) is 49.0 Å². The van der Waals surface area contributed by atoms with Crippen LogP contribution < -0.4 is 51.4 Å². The SMILES string of the molecule is CCN1CCCC1CN.Cc1cnn(CCN)c1.NCCC1CCOCC1.NCCC1CCSCC1.NCCc1ccncc1.NCCn1cc(Cl)cn1.NCCn1cccn1.NCCn1ncccc1=O. The number of hydrogen-bond donors (Lipinski definition) is 8. The van der Waals surface area contributed by atoms with Gasteiger partial charge in [-0.1, -0.05) is 18.5 Å². The van der Waals surface area contributed by atoms with Crippen LogP contribution in [0.2, 0.25) is 5.02 Å². The molecule has 72 heavy (non-hydrogen) atoms. The largest absolute Gasteiger partial charge is 0.381 e. The lowest BCUT2D eigenvalue weighted by atomic mass is 9.97. The molecule has 1 unspecified atom stereocenters. The minimum Gasteiger partial charge on any atom is -0.381 e. The van der Waals surface area contributed by atoms with Crippen molar-refractivity contribution in [3.05, 3.63) is 113 Å². The molecule has 0 bridgehead atoms. The number of nitrogens with two attached hydrogens (primary N) is 8. The molecule has 0 saturated carbocycles. The van der Waals surface area contributed by atoms with Crippen molar-refractivity contribution in [2.45, 2.75) is 104 Å². The molecule has 3 saturated heterocycles. The van der Waals surface area contributed by atoms with E-state index in [1.165, 1.54) is 97.8 Å². The number of likely N-dealkylation sites (N-methyl/N-ethyl adjacent to an activating group) is 1. The number of nitrogens with zero attached hydrogens (tertiary/aromatic N) is 10. The van der Waals surface area contributed by atoms with Gasteiger partial charge in [-0.25, -0.2) is 4.68 Å². The summed E-state index contributed by atoms with van der Waals surface area (Å²) in [6, 6.07) is 9.60. The first-order chi connectivity index (χ1) is 35.1. The van der Waals surface area contributed by atoms with Crippen molar-refractivity contribution in [1.29, 1.82) is 0 Å². The molecule has 8 rings (SSSR count). The highest BCUT2D eigenvalue weighted by molar-refractivity contribution is 7.99. The van der Waals surface area contributed by atoms with Gasteiger partial charge < -0.3 is 50.6 Å². The minimum absolute atomic E-state index is 0.104. The average Bonchev–Trinajstić information content (AvgIpc) is 4.26. The second kappa shape index (κ2) is 45.5. The van der Waals surface area contributed by atoms with Crippen LogP contribution in [-0.4, -0.2) is 145 Å². The van der Waals surface area contributed by atoms with Crippen molar-refractivity contribution in [2.24, 2.45) is 57.7 Å². The van der Waals surface area contributed by atoms with Crippen LogP contribution >= 0.6 is 23.4 Å². The van der Waals surface area contributed by atoms with Crippen molar-refractivity contribution in [2.75, 3.05) is 90.2 Å². The topological polar surface area (TPSA) is 322 Å². The molecule has 0 radical (unpaired) electrons. The van der Waals surface area contributed by atoms with Crippen molar-refractivity contribution in [3.8, 4) is 0 Å². The maximum atomic E-state index is 10.9. The summed E-state index contributed by atoms with van der Waals surface area (Å²) >= 11 is 7.66. The highest BCUT2D eigenvalue weighted by Crippen LogP contribution is 2.24. The number of rotatable bonds is 16. The zero-order valence-corrected chi connectivity index (χ0v) is 45.2. The molecule has 20 nitrogen and oxygen atoms in total. The van der Waals surface area contributed by atoms with E-state index in [4.69, 9.17) is 62.2 Å². The van der Waals surface area contributed by atoms with Crippen LogP contribution in [0.5, 0.6) is 0 Å². The third-order valence-electron chi connectivity index (χ3n) is 11.3. The summed E-state index contributed by atoms with van der Waals surface area (Å²) < 4.78 is 11.9. The summed E-state index contributed by atoms with van der Waals surface area (Å²) in [5.41, 5.74) is 45.2. The number of halogens is 1. The smallest absolute Gasteiger partial charge is 0.266 e. The molecule has 0 aliphatic carbocycles. The Bertz CT molecular complexity index is 1880. The molecule has 22 heteroatoms. The van der Waals surface area contributed by atoms with Crippen LogP contribution in [-0.2, 0) is 37.3 Å². The predicted octanol–water partition coefficient (Wildman–Crippen LogP) is 2.94. The number of thioether (sulfide) groups is 1. The molecule has 0 spiro atoms. The van der Waals surface area contributed by atoms with Crippen LogP contribution in [0, 0.1) is 18.8 Å². The van der Waals surface area contributed by atoms with Gasteiger partial charge in [0, 0.05) is 101 Å². The van der Waals surface area contributed by atoms with Crippen LogP contribution in [0.25, 0.3) is 0 Å². The summed E-state index contributed by atoms with van der Waals surface area (Å²) in [6.45, 7) is 17.0. The summed E-state index contributed by atoms with van der Waals surface area (Å²) in [5, 5.41) is 16.3. The summed E-state index contributed by atoms with van der Waals surface area (Å²) in [7, 11) is 0. The average molecular weight is 1050 g/mol. The van der Waals surface area contributed by atoms with E-state index in [-0.39, 0.29) is 5.56 Å². The molecule has 3 aliphatic rings. The zero-order valence-electron chi connectivity index (χ0n) is 43.6. The Morgan fingerprint density at radius 2 is 1.26 bits per heavy atom. The number of aryl methyl sites for hydroxylation is 1. The Kier molecular flexibility index (Phi) is 41.7. The minimum atomic E-state index is -0.104. The van der Waals surface area contributed by atoms with E-state index in [0.29, 0.717) is 50.3 Å². The molecule has 3 aliphatic heterocycles. The third-order valence-corrected chi connectivity index (χ3v) is 12.6. The zero-order chi connectivity index (χ0) is 52.9. The lowest BCUT2D eigenvalue weighted by Gasteiger charge is -2.20. The van der Waals surface area contributed by atoms with Crippen LogP contribution in [0.15, 0.2) is 90.9 Å². The first-order valence-electron chi connectivity index (χ1n) is 25.7. The molecule has 1 atom stereocenters. The second-order valence-electron chi connectivity index (χ2n) is 17.0. The number of aromatic nitrogens is 9. The Balaban J connectivity index is 0.000000412. The number of likely N-dealkylation sites (tertiary alicyclic amines) is 1. The van der Waals surface area contributed by atoms with E-state index in [1.54, 1.807) is 52.6 Å². The fourth-order valence-corrected chi connectivity index (χ4v) is 8.75. The van der Waals surface area contributed by atoms with Gasteiger partial charge in [0.1, 0.15) is 0 Å². The molecule has 0 amide bonds. The molecule has 5 aromatic rings. The first kappa shape index (κ1) is 65.9. The lowest BCUT2D eigenvalue weighted by molar-refractivity contribution is 0.0646. The third kappa shape index (κ3) is 33.6. The highest BCUT2D eigenvalue weighted by Gasteiger charge is 2.20. The normalized spacial score (nSPS) is 15.3. The number of ether oxygens (including phenoxy) is 1. The molecule has 408 valence electrons. The van der Waals surface area contributed by atoms with Gasteiger partial charge in [0.2, 0.25) is 0 Å². The molecule has 5 aromatic heterocycles. The van der Waals surface area contributed by atoms with Gasteiger partial charge in [-0.3, -0.25) is 28.7 Å². The Morgan fingerprint density at radius 3 is 1.75 bits per heavy atom. The van der Waals surface area contributed by atoms with Gasteiger partial charge in [-0.05, 0) is 156 Å². The fourth-order valence-electron chi connectivity index (χ4n) is 7.39. The monoisotopic (exact) mass is 1040 g/mol. The van der Waals surface area contributed by atoms with Crippen molar-refractivity contribution < 1.29 is 4.74 Å². The fraction of sp³-hybridized carbons (Fsp3) is 0.640. The van der Waals surface area contributed by atoms with Gasteiger partial charge in [0.25, 0.3) is 5.56 Å².